The van der Waals surface area contributed by atoms with E-state index in [4.69, 9.17) is 0 Å². The molecule has 0 spiro atoms. The number of alkyl halides is 4. The number of hydrogen-bond acceptors (Lipinski definition) is 8. The van der Waals surface area contributed by atoms with Crippen LogP contribution in [0.3, 0.4) is 0 Å². The van der Waals surface area contributed by atoms with Crippen LogP contribution in [0.4, 0.5) is 17.6 Å². The summed E-state index contributed by atoms with van der Waals surface area (Å²) in [6, 6.07) is 6.24. The number of amides is 2. The number of hydrogen-bond donors (Lipinski definition) is 2. The van der Waals surface area contributed by atoms with Crippen molar-refractivity contribution in [1.82, 2.24) is 15.6 Å². The van der Waals surface area contributed by atoms with Crippen LogP contribution in [0, 0.1) is 18.8 Å². The van der Waals surface area contributed by atoms with E-state index in [9.17, 15) is 36.7 Å². The second-order valence-electron chi connectivity index (χ2n) is 9.25. The van der Waals surface area contributed by atoms with Crippen molar-refractivity contribution in [3.05, 3.63) is 52.0 Å². The molecule has 0 bridgehead atoms. The molecule has 2 amide bonds. The largest absolute Gasteiger partial charge is 0.346 e. The Kier molecular flexibility index (Phi) is 11.7. The number of thiazole rings is 1. The van der Waals surface area contributed by atoms with Crippen LogP contribution < -0.4 is 10.6 Å². The molecule has 1 aromatic carbocycles. The Labute approximate surface area is 231 Å². The zero-order valence-corrected chi connectivity index (χ0v) is 22.3. The van der Waals surface area contributed by atoms with E-state index in [0.717, 1.165) is 16.9 Å². The molecule has 3 rings (SSSR count). The number of rotatable bonds is 17. The number of ketones is 2. The third kappa shape index (κ3) is 10.1. The van der Waals surface area contributed by atoms with Crippen LogP contribution in [-0.4, -0.2) is 66.9 Å². The van der Waals surface area contributed by atoms with Gasteiger partial charge in [0.05, 0.1) is 36.4 Å². The van der Waals surface area contributed by atoms with Gasteiger partial charge in [0.1, 0.15) is 10.9 Å². The molecular weight excluding hydrogens is 558 g/mol. The molecule has 2 N–H and O–H groups in total. The van der Waals surface area contributed by atoms with E-state index in [1.54, 1.807) is 37.3 Å². The summed E-state index contributed by atoms with van der Waals surface area (Å²) in [6.45, 7) is -6.71. The van der Waals surface area contributed by atoms with Crippen molar-refractivity contribution in [2.45, 2.75) is 57.9 Å². The molecule has 1 aliphatic rings. The zero-order valence-electron chi connectivity index (χ0n) is 21.5. The number of aromatic nitrogens is 1. The lowest BCUT2D eigenvalue weighted by Gasteiger charge is -2.24. The van der Waals surface area contributed by atoms with E-state index < -0.39 is 68.5 Å². The van der Waals surface area contributed by atoms with Gasteiger partial charge in [0.25, 0.3) is 5.91 Å². The first kappa shape index (κ1) is 31.3. The van der Waals surface area contributed by atoms with E-state index in [1.165, 1.54) is 6.20 Å². The third-order valence-corrected chi connectivity index (χ3v) is 7.00. The standard InChI is InChI=1S/C26H29F4N3O6S/c1-14-31-11-21(40-14)24(37)33-19(13-39-26(29)30)20(34)10-17(12-38-25(27)28)23(36)32-18(22(35)16-7-8-16)9-15-5-3-2-4-6-15/h2-6,11,16-19,25-26H,7-10,12-13H2,1H3,(H,32,36)(H,33,37)/t17-,18-,19-/m0/s1. The SMILES string of the molecule is Cc1ncc(C(=O)N[C@@H](COC(F)F)C(=O)C[C@@H](COC(F)F)C(=O)N[C@@H](Cc2ccccc2)C(=O)C2CC2)s1. The monoisotopic (exact) mass is 587 g/mol. The smallest absolute Gasteiger partial charge is 0.345 e. The zero-order chi connectivity index (χ0) is 29.2. The molecule has 9 nitrogen and oxygen atoms in total. The van der Waals surface area contributed by atoms with E-state index in [2.05, 4.69) is 25.1 Å². The Morgan fingerprint density at radius 2 is 1.62 bits per heavy atom. The Bertz CT molecular complexity index is 1160. The molecule has 1 saturated carbocycles. The minimum Gasteiger partial charge on any atom is -0.346 e. The highest BCUT2D eigenvalue weighted by Gasteiger charge is 2.37. The van der Waals surface area contributed by atoms with Crippen LogP contribution in [0.15, 0.2) is 36.5 Å². The van der Waals surface area contributed by atoms with Gasteiger partial charge >= 0.3 is 13.2 Å². The van der Waals surface area contributed by atoms with Crippen molar-refractivity contribution in [2.24, 2.45) is 11.8 Å². The van der Waals surface area contributed by atoms with Gasteiger partial charge in [-0.15, -0.1) is 11.3 Å². The Hall–Kier alpha value is -3.23. The summed E-state index contributed by atoms with van der Waals surface area (Å²) in [5.74, 6) is -4.57. The molecular formula is C26H29F4N3O6S. The van der Waals surface area contributed by atoms with Crippen LogP contribution >= 0.6 is 11.3 Å². The van der Waals surface area contributed by atoms with Crippen LogP contribution in [0.25, 0.3) is 0 Å². The van der Waals surface area contributed by atoms with E-state index >= 15 is 0 Å². The number of aryl methyl sites for hydroxylation is 1. The lowest BCUT2D eigenvalue weighted by Crippen LogP contribution is -2.49. The minimum atomic E-state index is -3.26. The van der Waals surface area contributed by atoms with Crippen LogP contribution in [0.2, 0.25) is 0 Å². The minimum absolute atomic E-state index is 0.102. The topological polar surface area (TPSA) is 124 Å². The number of halogens is 4. The van der Waals surface area contributed by atoms with E-state index in [1.807, 2.05) is 0 Å². The number of carbonyl (C=O) groups excluding carboxylic acids is 4. The van der Waals surface area contributed by atoms with E-state index in [0.29, 0.717) is 17.8 Å². The highest BCUT2D eigenvalue weighted by atomic mass is 32.1. The predicted octanol–water partition coefficient (Wildman–Crippen LogP) is 3.31. The van der Waals surface area contributed by atoms with Crippen molar-refractivity contribution in [2.75, 3.05) is 13.2 Å². The number of ether oxygens (including phenoxy) is 2. The molecule has 0 unspecified atom stereocenters. The van der Waals surface area contributed by atoms with Gasteiger partial charge in [-0.25, -0.2) is 4.98 Å². The fraction of sp³-hybridized carbons (Fsp3) is 0.500. The van der Waals surface area contributed by atoms with Gasteiger partial charge in [-0.05, 0) is 31.7 Å². The summed E-state index contributed by atoms with van der Waals surface area (Å²) in [5.41, 5.74) is 0.753. The molecule has 218 valence electrons. The van der Waals surface area contributed by atoms with Gasteiger partial charge in [-0.2, -0.15) is 17.6 Å². The Balaban J connectivity index is 1.75. The fourth-order valence-electron chi connectivity index (χ4n) is 3.90. The van der Waals surface area contributed by atoms with Gasteiger partial charge in [0.15, 0.2) is 11.6 Å². The molecule has 14 heteroatoms. The highest BCUT2D eigenvalue weighted by Crippen LogP contribution is 2.31. The fourth-order valence-corrected chi connectivity index (χ4v) is 4.58. The van der Waals surface area contributed by atoms with Crippen molar-refractivity contribution < 1.29 is 46.2 Å². The first-order valence-corrected chi connectivity index (χ1v) is 13.3. The van der Waals surface area contributed by atoms with E-state index in [-0.39, 0.29) is 23.0 Å². The van der Waals surface area contributed by atoms with Gasteiger partial charge in [0.2, 0.25) is 5.91 Å². The molecule has 40 heavy (non-hydrogen) atoms. The van der Waals surface area contributed by atoms with Crippen molar-refractivity contribution in [1.29, 1.82) is 0 Å². The number of carbonyl (C=O) groups is 4. The lowest BCUT2D eigenvalue weighted by atomic mass is 9.95. The Morgan fingerprint density at radius 3 is 2.20 bits per heavy atom. The summed E-state index contributed by atoms with van der Waals surface area (Å²) in [6.07, 6.45) is 1.96. The van der Waals surface area contributed by atoms with Crippen LogP contribution in [0.1, 0.15) is 39.5 Å². The second-order valence-corrected chi connectivity index (χ2v) is 10.5. The molecule has 2 aromatic rings. The van der Waals surface area contributed by atoms with Crippen molar-refractivity contribution in [3.63, 3.8) is 0 Å². The summed E-state index contributed by atoms with van der Waals surface area (Å²) in [7, 11) is 0. The maximum absolute atomic E-state index is 13.2. The molecule has 1 aromatic heterocycles. The summed E-state index contributed by atoms with van der Waals surface area (Å²) in [4.78, 5) is 55.7. The molecule has 3 atom stereocenters. The molecule has 0 saturated heterocycles. The average Bonchev–Trinajstić information content (AvgIpc) is 3.67. The lowest BCUT2D eigenvalue weighted by molar-refractivity contribution is -0.155. The molecule has 0 aliphatic heterocycles. The number of Topliss-reactive ketones (excluding diaryl/α,β-unsaturated/α-hetero) is 2. The Morgan fingerprint density at radius 1 is 0.975 bits per heavy atom. The first-order valence-electron chi connectivity index (χ1n) is 12.5. The van der Waals surface area contributed by atoms with Crippen molar-refractivity contribution >= 4 is 34.7 Å². The molecule has 1 fully saturated rings. The first-order chi connectivity index (χ1) is 19.0. The summed E-state index contributed by atoms with van der Waals surface area (Å²) >= 11 is 0.999. The van der Waals surface area contributed by atoms with Gasteiger partial charge in [0, 0.05) is 12.3 Å². The van der Waals surface area contributed by atoms with Crippen LogP contribution in [0.5, 0.6) is 0 Å². The quantitative estimate of drug-likeness (QED) is 0.272. The van der Waals surface area contributed by atoms with Crippen LogP contribution in [-0.2, 0) is 30.3 Å². The molecule has 1 aliphatic carbocycles. The average molecular weight is 588 g/mol. The second kappa shape index (κ2) is 15.0. The maximum Gasteiger partial charge on any atom is 0.345 e. The molecule has 0 radical (unpaired) electrons. The highest BCUT2D eigenvalue weighted by molar-refractivity contribution is 7.13. The van der Waals surface area contributed by atoms with Crippen molar-refractivity contribution in [3.8, 4) is 0 Å². The number of nitrogens with one attached hydrogen (secondary N) is 2. The predicted molar refractivity (Wildman–Crippen MR) is 135 cm³/mol. The normalized spacial score (nSPS) is 15.5. The summed E-state index contributed by atoms with van der Waals surface area (Å²) < 4.78 is 59.7. The summed E-state index contributed by atoms with van der Waals surface area (Å²) in [5, 5.41) is 5.38. The third-order valence-electron chi connectivity index (χ3n) is 6.09. The van der Waals surface area contributed by atoms with Gasteiger partial charge < -0.3 is 20.1 Å². The number of nitrogens with zero attached hydrogens (tertiary/aromatic N) is 1. The van der Waals surface area contributed by atoms with Gasteiger partial charge in [-0.3, -0.25) is 19.2 Å². The van der Waals surface area contributed by atoms with Gasteiger partial charge in [-0.1, -0.05) is 30.3 Å². The molecule has 1 heterocycles. The number of benzene rings is 1. The maximum atomic E-state index is 13.2.